The van der Waals surface area contributed by atoms with Gasteiger partial charge in [-0.25, -0.2) is 18.4 Å². The molecule has 2 saturated heterocycles. The van der Waals surface area contributed by atoms with Gasteiger partial charge in [0.15, 0.2) is 0 Å². The van der Waals surface area contributed by atoms with Gasteiger partial charge in [0.25, 0.3) is 5.91 Å². The van der Waals surface area contributed by atoms with Crippen molar-refractivity contribution in [2.75, 3.05) is 26.2 Å². The summed E-state index contributed by atoms with van der Waals surface area (Å²) >= 11 is 0. The standard InChI is InChI=1S/C14H17N3O5S/c15-23(21,22)12-3-1-9(2-4-12)13(18)16-5-10-7-17(14(19)20)8-11(10)6-16/h1-4,10-11H,5-8H2,(H,19,20)(H2,15,21,22)/t10-,11+. The van der Waals surface area contributed by atoms with E-state index in [1.165, 1.54) is 29.2 Å². The van der Waals surface area contributed by atoms with Gasteiger partial charge in [-0.2, -0.15) is 0 Å². The Morgan fingerprint density at radius 3 is 1.91 bits per heavy atom. The minimum atomic E-state index is -3.78. The van der Waals surface area contributed by atoms with Crippen molar-refractivity contribution >= 4 is 22.0 Å². The van der Waals surface area contributed by atoms with Gasteiger partial charge >= 0.3 is 6.09 Å². The van der Waals surface area contributed by atoms with Gasteiger partial charge in [-0.1, -0.05) is 0 Å². The van der Waals surface area contributed by atoms with Gasteiger partial charge in [-0.05, 0) is 24.3 Å². The number of sulfonamides is 1. The molecule has 2 atom stereocenters. The highest BCUT2D eigenvalue weighted by molar-refractivity contribution is 7.89. The van der Waals surface area contributed by atoms with Crippen LogP contribution in [0, 0.1) is 11.8 Å². The number of amides is 2. The van der Waals surface area contributed by atoms with E-state index < -0.39 is 16.1 Å². The van der Waals surface area contributed by atoms with E-state index >= 15 is 0 Å². The molecule has 8 nitrogen and oxygen atoms in total. The number of carboxylic acid groups (broad SMARTS) is 1. The van der Waals surface area contributed by atoms with Crippen molar-refractivity contribution in [1.82, 2.24) is 9.80 Å². The first-order valence-electron chi connectivity index (χ1n) is 7.15. The van der Waals surface area contributed by atoms with Crippen molar-refractivity contribution < 1.29 is 23.1 Å². The SMILES string of the molecule is NS(=O)(=O)c1ccc(C(=O)N2C[C@H]3CN(C(=O)O)C[C@H]3C2)cc1. The van der Waals surface area contributed by atoms with Crippen molar-refractivity contribution in [2.24, 2.45) is 17.0 Å². The number of nitrogens with zero attached hydrogens (tertiary/aromatic N) is 2. The third kappa shape index (κ3) is 3.02. The summed E-state index contributed by atoms with van der Waals surface area (Å²) in [5.74, 6) is 0.153. The average Bonchev–Trinajstić information content (AvgIpc) is 3.04. The van der Waals surface area contributed by atoms with Crippen LogP contribution in [0.5, 0.6) is 0 Å². The van der Waals surface area contributed by atoms with Gasteiger partial charge in [0.1, 0.15) is 0 Å². The zero-order chi connectivity index (χ0) is 16.8. The third-order valence-corrected chi connectivity index (χ3v) is 5.40. The van der Waals surface area contributed by atoms with Gasteiger partial charge in [-0.15, -0.1) is 0 Å². The van der Waals surface area contributed by atoms with Crippen LogP contribution in [0.2, 0.25) is 0 Å². The lowest BCUT2D eigenvalue weighted by molar-refractivity contribution is 0.0774. The van der Waals surface area contributed by atoms with Crippen molar-refractivity contribution in [1.29, 1.82) is 0 Å². The predicted octanol–water partition coefficient (Wildman–Crippen LogP) is 0.0158. The van der Waals surface area contributed by atoms with E-state index in [0.29, 0.717) is 31.7 Å². The topological polar surface area (TPSA) is 121 Å². The fourth-order valence-corrected chi connectivity index (χ4v) is 3.80. The van der Waals surface area contributed by atoms with E-state index in [1.54, 1.807) is 4.90 Å². The molecule has 0 bridgehead atoms. The number of rotatable bonds is 2. The number of nitrogens with two attached hydrogens (primary N) is 1. The second-order valence-electron chi connectivity index (χ2n) is 5.99. The molecule has 2 heterocycles. The number of fused-ring (bicyclic) bond motifs is 1. The third-order valence-electron chi connectivity index (χ3n) is 4.47. The molecule has 0 aliphatic carbocycles. The Balaban J connectivity index is 1.68. The van der Waals surface area contributed by atoms with Crippen LogP contribution in [0.4, 0.5) is 4.79 Å². The zero-order valence-corrected chi connectivity index (χ0v) is 13.1. The van der Waals surface area contributed by atoms with E-state index in [1.807, 2.05) is 0 Å². The van der Waals surface area contributed by atoms with E-state index in [2.05, 4.69) is 0 Å². The van der Waals surface area contributed by atoms with Crippen molar-refractivity contribution in [3.63, 3.8) is 0 Å². The monoisotopic (exact) mass is 339 g/mol. The summed E-state index contributed by atoms with van der Waals surface area (Å²) in [7, 11) is -3.78. The first-order valence-corrected chi connectivity index (χ1v) is 8.70. The van der Waals surface area contributed by atoms with Crippen LogP contribution in [0.3, 0.4) is 0 Å². The van der Waals surface area contributed by atoms with Gasteiger partial charge in [0, 0.05) is 43.6 Å². The summed E-state index contributed by atoms with van der Waals surface area (Å²) in [6.07, 6.45) is -0.921. The minimum Gasteiger partial charge on any atom is -0.465 e. The molecule has 2 aliphatic rings. The largest absolute Gasteiger partial charge is 0.465 e. The molecule has 124 valence electrons. The molecule has 1 aromatic carbocycles. The number of likely N-dealkylation sites (tertiary alicyclic amines) is 2. The molecular formula is C14H17N3O5S. The van der Waals surface area contributed by atoms with Gasteiger partial charge < -0.3 is 14.9 Å². The maximum absolute atomic E-state index is 12.5. The predicted molar refractivity (Wildman–Crippen MR) is 80.3 cm³/mol. The number of carbonyl (C=O) groups excluding carboxylic acids is 1. The molecule has 0 spiro atoms. The highest BCUT2D eigenvalue weighted by atomic mass is 32.2. The molecule has 0 unspecified atom stereocenters. The molecular weight excluding hydrogens is 322 g/mol. The number of carbonyl (C=O) groups is 2. The average molecular weight is 339 g/mol. The van der Waals surface area contributed by atoms with E-state index in [4.69, 9.17) is 10.2 Å². The van der Waals surface area contributed by atoms with Crippen molar-refractivity contribution in [3.05, 3.63) is 29.8 Å². The Morgan fingerprint density at radius 1 is 1.00 bits per heavy atom. The Morgan fingerprint density at radius 2 is 1.48 bits per heavy atom. The van der Waals surface area contributed by atoms with E-state index in [0.717, 1.165) is 0 Å². The van der Waals surface area contributed by atoms with E-state index in [-0.39, 0.29) is 22.6 Å². The molecule has 0 saturated carbocycles. The molecule has 9 heteroatoms. The lowest BCUT2D eigenvalue weighted by atomic mass is 10.0. The highest BCUT2D eigenvalue weighted by Crippen LogP contribution is 2.31. The van der Waals surface area contributed by atoms with Crippen LogP contribution < -0.4 is 5.14 Å². The van der Waals surface area contributed by atoms with Gasteiger partial charge in [0.2, 0.25) is 10.0 Å². The van der Waals surface area contributed by atoms with E-state index in [9.17, 15) is 18.0 Å². The molecule has 3 N–H and O–H groups in total. The van der Waals surface area contributed by atoms with Crippen LogP contribution >= 0.6 is 0 Å². The number of primary sulfonamides is 1. The molecule has 2 amide bonds. The lowest BCUT2D eigenvalue weighted by Crippen LogP contribution is -2.35. The first-order chi connectivity index (χ1) is 10.8. The second-order valence-corrected chi connectivity index (χ2v) is 7.55. The van der Waals surface area contributed by atoms with Crippen molar-refractivity contribution in [3.8, 4) is 0 Å². The molecule has 1 aromatic rings. The Bertz CT molecular complexity index is 732. The van der Waals surface area contributed by atoms with Crippen LogP contribution in [0.15, 0.2) is 29.2 Å². The summed E-state index contributed by atoms with van der Waals surface area (Å²) in [4.78, 5) is 26.5. The van der Waals surface area contributed by atoms with Crippen LogP contribution in [0.25, 0.3) is 0 Å². The fraction of sp³-hybridized carbons (Fsp3) is 0.429. The molecule has 2 fully saturated rings. The van der Waals surface area contributed by atoms with Gasteiger partial charge in [-0.3, -0.25) is 4.79 Å². The maximum atomic E-state index is 12.5. The molecule has 3 rings (SSSR count). The quantitative estimate of drug-likeness (QED) is 0.786. The summed E-state index contributed by atoms with van der Waals surface area (Å²) in [5, 5.41) is 14.0. The number of hydrogen-bond acceptors (Lipinski definition) is 4. The summed E-state index contributed by atoms with van der Waals surface area (Å²) in [5.41, 5.74) is 0.396. The van der Waals surface area contributed by atoms with Crippen molar-refractivity contribution in [2.45, 2.75) is 4.90 Å². The maximum Gasteiger partial charge on any atom is 0.407 e. The van der Waals surface area contributed by atoms with Crippen LogP contribution in [-0.4, -0.2) is 61.5 Å². The molecule has 0 radical (unpaired) electrons. The summed E-state index contributed by atoms with van der Waals surface area (Å²) < 4.78 is 22.4. The smallest absolute Gasteiger partial charge is 0.407 e. The van der Waals surface area contributed by atoms with Gasteiger partial charge in [0.05, 0.1) is 4.90 Å². The molecule has 2 aliphatic heterocycles. The second kappa shape index (κ2) is 5.50. The first kappa shape index (κ1) is 15.8. The van der Waals surface area contributed by atoms with Crippen LogP contribution in [-0.2, 0) is 10.0 Å². The summed E-state index contributed by atoms with van der Waals surface area (Å²) in [6.45, 7) is 1.94. The normalized spacial score (nSPS) is 23.9. The molecule has 0 aromatic heterocycles. The highest BCUT2D eigenvalue weighted by Gasteiger charge is 2.43. The zero-order valence-electron chi connectivity index (χ0n) is 12.3. The Hall–Kier alpha value is -2.13. The number of hydrogen-bond donors (Lipinski definition) is 2. The Labute approximate surface area is 133 Å². The number of benzene rings is 1. The lowest BCUT2D eigenvalue weighted by Gasteiger charge is -2.20. The van der Waals surface area contributed by atoms with Crippen LogP contribution in [0.1, 0.15) is 10.4 Å². The fourth-order valence-electron chi connectivity index (χ4n) is 3.28. The summed E-state index contributed by atoms with van der Waals surface area (Å²) in [6, 6.07) is 5.51. The molecule has 23 heavy (non-hydrogen) atoms. The minimum absolute atomic E-state index is 0.0376. The Kier molecular flexibility index (Phi) is 3.77.